The normalized spacial score (nSPS) is 29.3. The molecule has 0 fully saturated rings. The minimum absolute atomic E-state index is 0.0505. The van der Waals surface area contributed by atoms with Crippen molar-refractivity contribution in [3.05, 3.63) is 57.7 Å². The fourth-order valence-corrected chi connectivity index (χ4v) is 6.03. The highest BCUT2D eigenvalue weighted by molar-refractivity contribution is 6.02. The van der Waals surface area contributed by atoms with Gasteiger partial charge in [0.15, 0.2) is 11.9 Å². The van der Waals surface area contributed by atoms with E-state index < -0.39 is 5.41 Å². The second-order valence-electron chi connectivity index (χ2n) is 11.4. The van der Waals surface area contributed by atoms with Gasteiger partial charge in [0.05, 0.1) is 11.1 Å². The zero-order valence-electron chi connectivity index (χ0n) is 18.5. The van der Waals surface area contributed by atoms with Gasteiger partial charge in [-0.1, -0.05) is 40.7 Å². The van der Waals surface area contributed by atoms with Gasteiger partial charge >= 0.3 is 0 Å². The van der Waals surface area contributed by atoms with Crippen molar-refractivity contribution in [1.82, 2.24) is 5.32 Å². The molecule has 2 aliphatic heterocycles. The SMILES string of the molecule is CC(C)(C)CC1=C2C(N=N1)NC1=C(C(=O)CC(C)(C)C1)[C@]21CCc2cc(F)ccc21. The summed E-state index contributed by atoms with van der Waals surface area (Å²) in [6.07, 6.45) is 3.46. The predicted octanol–water partition coefficient (Wildman–Crippen LogP) is 5.74. The van der Waals surface area contributed by atoms with Crippen LogP contribution in [0, 0.1) is 16.6 Å². The monoisotopic (exact) mass is 407 g/mol. The topological polar surface area (TPSA) is 53.8 Å². The van der Waals surface area contributed by atoms with Crippen LogP contribution in [0.5, 0.6) is 0 Å². The number of aryl methyl sites for hydroxylation is 1. The molecular weight excluding hydrogens is 377 g/mol. The van der Waals surface area contributed by atoms with E-state index in [1.807, 2.05) is 6.07 Å². The summed E-state index contributed by atoms with van der Waals surface area (Å²) in [5.74, 6) is -0.00910. The summed E-state index contributed by atoms with van der Waals surface area (Å²) in [4.78, 5) is 13.6. The van der Waals surface area contributed by atoms with Crippen molar-refractivity contribution in [2.45, 2.75) is 78.3 Å². The van der Waals surface area contributed by atoms with Crippen LogP contribution in [0.4, 0.5) is 4.39 Å². The smallest absolute Gasteiger partial charge is 0.165 e. The lowest BCUT2D eigenvalue weighted by molar-refractivity contribution is -0.119. The first-order chi connectivity index (χ1) is 14.0. The van der Waals surface area contributed by atoms with E-state index in [-0.39, 0.29) is 28.6 Å². The van der Waals surface area contributed by atoms with Crippen molar-refractivity contribution >= 4 is 5.78 Å². The second kappa shape index (κ2) is 6.12. The van der Waals surface area contributed by atoms with Crippen LogP contribution in [0.2, 0.25) is 0 Å². The highest BCUT2D eigenvalue weighted by atomic mass is 19.1. The standard InChI is InChI=1S/C25H30FN3O/c1-23(2,3)11-18-21-22(29-28-18)27-17-12-24(4,5)13-19(30)20(17)25(21)9-8-14-10-15(26)6-7-16(14)25/h6-7,10,22,27H,8-9,11-13H2,1-5H3/t22?,25-/m1/s1. The molecular formula is C25H30FN3O. The third-order valence-corrected chi connectivity index (χ3v) is 6.95. The maximum Gasteiger partial charge on any atom is 0.165 e. The molecule has 5 heteroatoms. The van der Waals surface area contributed by atoms with Crippen LogP contribution < -0.4 is 5.32 Å². The summed E-state index contributed by atoms with van der Waals surface area (Å²) in [7, 11) is 0. The van der Waals surface area contributed by atoms with Gasteiger partial charge in [-0.15, -0.1) is 0 Å². The lowest BCUT2D eigenvalue weighted by Gasteiger charge is -2.47. The fraction of sp³-hybridized carbons (Fsp3) is 0.560. The number of rotatable bonds is 1. The molecule has 0 bridgehead atoms. The number of ketones is 1. The third kappa shape index (κ3) is 2.81. The molecule has 1 aromatic carbocycles. The molecule has 4 nitrogen and oxygen atoms in total. The Labute approximate surface area is 177 Å². The minimum Gasteiger partial charge on any atom is -0.362 e. The van der Waals surface area contributed by atoms with E-state index in [4.69, 9.17) is 0 Å². The van der Waals surface area contributed by atoms with Crippen LogP contribution in [0.1, 0.15) is 71.4 Å². The molecule has 1 N–H and O–H groups in total. The number of Topliss-reactive ketones (excluding diaryl/α,β-unsaturated/α-hetero) is 1. The molecule has 1 spiro atoms. The summed E-state index contributed by atoms with van der Waals surface area (Å²) in [6, 6.07) is 5.08. The van der Waals surface area contributed by atoms with Gasteiger partial charge in [0.2, 0.25) is 0 Å². The Balaban J connectivity index is 1.79. The molecule has 1 aromatic rings. The molecule has 4 aliphatic rings. The van der Waals surface area contributed by atoms with Gasteiger partial charge in [-0.05, 0) is 59.8 Å². The first-order valence-corrected chi connectivity index (χ1v) is 11.0. The Kier molecular flexibility index (Phi) is 4.01. The van der Waals surface area contributed by atoms with Gasteiger partial charge in [0.1, 0.15) is 5.82 Å². The van der Waals surface area contributed by atoms with Gasteiger partial charge < -0.3 is 5.32 Å². The summed E-state index contributed by atoms with van der Waals surface area (Å²) >= 11 is 0. The molecule has 0 aromatic heterocycles. The molecule has 2 aliphatic carbocycles. The summed E-state index contributed by atoms with van der Waals surface area (Å²) in [5.41, 5.74) is 5.52. The number of hydrogen-bond donors (Lipinski definition) is 1. The van der Waals surface area contributed by atoms with Crippen LogP contribution >= 0.6 is 0 Å². The Morgan fingerprint density at radius 1 is 1.23 bits per heavy atom. The summed E-state index contributed by atoms with van der Waals surface area (Å²) in [5, 5.41) is 12.8. The first kappa shape index (κ1) is 19.7. The number of fused-ring (bicyclic) bond motifs is 5. The van der Waals surface area contributed by atoms with E-state index in [2.05, 4.69) is 50.2 Å². The third-order valence-electron chi connectivity index (χ3n) is 6.95. The molecule has 5 rings (SSSR count). The predicted molar refractivity (Wildman–Crippen MR) is 114 cm³/mol. The molecule has 0 saturated carbocycles. The van der Waals surface area contributed by atoms with Crippen molar-refractivity contribution in [2.75, 3.05) is 0 Å². The zero-order chi connectivity index (χ0) is 21.5. The van der Waals surface area contributed by atoms with Crippen molar-refractivity contribution in [3.8, 4) is 0 Å². The molecule has 158 valence electrons. The highest BCUT2D eigenvalue weighted by Crippen LogP contribution is 2.59. The zero-order valence-corrected chi connectivity index (χ0v) is 18.5. The van der Waals surface area contributed by atoms with Crippen molar-refractivity contribution < 1.29 is 9.18 Å². The maximum atomic E-state index is 14.1. The van der Waals surface area contributed by atoms with E-state index in [1.165, 1.54) is 6.07 Å². The van der Waals surface area contributed by atoms with Gasteiger partial charge in [0, 0.05) is 23.3 Å². The number of halogens is 1. The molecule has 30 heavy (non-hydrogen) atoms. The quantitative estimate of drug-likeness (QED) is 0.645. The Morgan fingerprint density at radius 2 is 2.00 bits per heavy atom. The van der Waals surface area contributed by atoms with Crippen LogP contribution in [0.15, 0.2) is 51.0 Å². The van der Waals surface area contributed by atoms with E-state index in [9.17, 15) is 9.18 Å². The Hall–Kier alpha value is -2.30. The highest BCUT2D eigenvalue weighted by Gasteiger charge is 2.57. The number of allylic oxidation sites excluding steroid dienone is 3. The Bertz CT molecular complexity index is 1060. The lowest BCUT2D eigenvalue weighted by Crippen LogP contribution is -2.51. The molecule has 2 atom stereocenters. The number of carbonyl (C=O) groups excluding carboxylic acids is 1. The van der Waals surface area contributed by atoms with Gasteiger partial charge in [-0.2, -0.15) is 10.2 Å². The number of benzene rings is 1. The van der Waals surface area contributed by atoms with Crippen LogP contribution in [-0.4, -0.2) is 11.9 Å². The minimum atomic E-state index is -0.536. The average Bonchev–Trinajstić information content (AvgIpc) is 3.14. The van der Waals surface area contributed by atoms with E-state index in [1.54, 1.807) is 6.07 Å². The van der Waals surface area contributed by atoms with Gasteiger partial charge in [0.25, 0.3) is 0 Å². The Morgan fingerprint density at radius 3 is 2.73 bits per heavy atom. The molecule has 1 unspecified atom stereocenters. The van der Waals surface area contributed by atoms with Crippen molar-refractivity contribution in [2.24, 2.45) is 21.1 Å². The van der Waals surface area contributed by atoms with Crippen molar-refractivity contribution in [3.63, 3.8) is 0 Å². The van der Waals surface area contributed by atoms with E-state index in [0.717, 1.165) is 59.4 Å². The summed E-state index contributed by atoms with van der Waals surface area (Å²) < 4.78 is 14.1. The van der Waals surface area contributed by atoms with Crippen molar-refractivity contribution in [1.29, 1.82) is 0 Å². The molecule has 0 radical (unpaired) electrons. The number of hydrogen-bond acceptors (Lipinski definition) is 4. The number of carbonyl (C=O) groups is 1. The van der Waals surface area contributed by atoms with E-state index in [0.29, 0.717) is 6.42 Å². The maximum absolute atomic E-state index is 14.1. The number of nitrogens with zero attached hydrogens (tertiary/aromatic N) is 2. The van der Waals surface area contributed by atoms with Crippen LogP contribution in [0.3, 0.4) is 0 Å². The summed E-state index contributed by atoms with van der Waals surface area (Å²) in [6.45, 7) is 10.9. The molecule has 0 amide bonds. The van der Waals surface area contributed by atoms with Gasteiger partial charge in [-0.25, -0.2) is 4.39 Å². The number of azo groups is 1. The van der Waals surface area contributed by atoms with Crippen LogP contribution in [0.25, 0.3) is 0 Å². The first-order valence-electron chi connectivity index (χ1n) is 11.0. The molecule has 0 saturated heterocycles. The lowest BCUT2D eigenvalue weighted by atomic mass is 9.59. The van der Waals surface area contributed by atoms with Gasteiger partial charge in [-0.3, -0.25) is 4.79 Å². The van der Waals surface area contributed by atoms with Crippen LogP contribution in [-0.2, 0) is 16.6 Å². The fourth-order valence-electron chi connectivity index (χ4n) is 6.03. The second-order valence-corrected chi connectivity index (χ2v) is 11.4. The largest absolute Gasteiger partial charge is 0.362 e. The van der Waals surface area contributed by atoms with E-state index >= 15 is 0 Å². The average molecular weight is 408 g/mol. The number of nitrogens with one attached hydrogen (secondary N) is 1. The molecule has 2 heterocycles.